The van der Waals surface area contributed by atoms with E-state index in [1.807, 2.05) is 0 Å². The second-order valence-corrected chi connectivity index (χ2v) is 2.20. The molecule has 0 amide bonds. The van der Waals surface area contributed by atoms with Crippen molar-refractivity contribution in [3.8, 4) is 6.01 Å². The number of nitrogens with zero attached hydrogens (tertiary/aromatic N) is 3. The van der Waals surface area contributed by atoms with Gasteiger partial charge in [0.1, 0.15) is 5.52 Å². The third kappa shape index (κ3) is 2.24. The number of nitrogens with one attached hydrogen (secondary N) is 1. The molecule has 0 bridgehead atoms. The first kappa shape index (κ1) is 11.4. The second kappa shape index (κ2) is 5.30. The van der Waals surface area contributed by atoms with Crippen LogP contribution in [0, 0.1) is 0 Å². The van der Waals surface area contributed by atoms with Crippen LogP contribution in [0.3, 0.4) is 0 Å². The van der Waals surface area contributed by atoms with Gasteiger partial charge < -0.3 is 15.5 Å². The molecule has 2 aromatic rings. The van der Waals surface area contributed by atoms with Crippen LogP contribution in [0.1, 0.15) is 0 Å². The molecule has 2 rings (SSSR count). The Labute approximate surface area is 99.6 Å². The van der Waals surface area contributed by atoms with Gasteiger partial charge in [-0.15, -0.1) is 0 Å². The number of hydrogen-bond donors (Lipinski definition) is 2. The first-order valence-corrected chi connectivity index (χ1v) is 10.4. The summed E-state index contributed by atoms with van der Waals surface area (Å²) in [7, 11) is 6.31. The van der Waals surface area contributed by atoms with Gasteiger partial charge in [0.2, 0.25) is 0 Å². The van der Waals surface area contributed by atoms with Crippen LogP contribution in [0.2, 0.25) is 0 Å². The molecule has 0 aliphatic carbocycles. The van der Waals surface area contributed by atoms with Crippen molar-refractivity contribution in [2.24, 2.45) is 0 Å². The number of imidazole rings is 1. The molecule has 6 nitrogen and oxygen atoms in total. The standard InChI is InChI=1S/C6H7N5O.ClH.Hg/c1-12-6-10-4(7)3-5(11-6)9-2-8-3;;/h2H,1H3,(H3,7,8,9,10,11);1H;/q;;+1/p-1. The van der Waals surface area contributed by atoms with Gasteiger partial charge in [0.25, 0.3) is 0 Å². The monoisotopic (exact) mass is 402 g/mol. The summed E-state index contributed by atoms with van der Waals surface area (Å²) in [6.45, 7) is 0. The first-order valence-electron chi connectivity index (χ1n) is 3.58. The molecule has 0 aliphatic heterocycles. The van der Waals surface area contributed by atoms with Gasteiger partial charge in [-0.25, -0.2) is 4.98 Å². The summed E-state index contributed by atoms with van der Waals surface area (Å²) in [5, 5.41) is 0. The van der Waals surface area contributed by atoms with Crippen molar-refractivity contribution in [2.75, 3.05) is 12.8 Å². The predicted octanol–water partition coefficient (Wildman–Crippen LogP) is 0.631. The number of hydrogen-bond acceptors (Lipinski definition) is 5. The molecule has 0 aromatic carbocycles. The quantitative estimate of drug-likeness (QED) is 0.685. The van der Waals surface area contributed by atoms with E-state index in [9.17, 15) is 0 Å². The van der Waals surface area contributed by atoms with Crippen LogP contribution in [-0.2, 0) is 24.9 Å². The molecule has 0 fully saturated rings. The average molecular weight is 401 g/mol. The van der Waals surface area contributed by atoms with Gasteiger partial charge >= 0.3 is 39.1 Å². The molecule has 0 atom stereocenters. The SMILES string of the molecule is COc1nc(N)c2[nH]cnc2n1.[Cl][Hg]. The Morgan fingerprint density at radius 1 is 1.50 bits per heavy atom. The zero-order valence-electron chi connectivity index (χ0n) is 7.49. The van der Waals surface area contributed by atoms with Gasteiger partial charge in [0.15, 0.2) is 11.5 Å². The van der Waals surface area contributed by atoms with Crippen molar-refractivity contribution in [3.63, 3.8) is 0 Å². The summed E-state index contributed by atoms with van der Waals surface area (Å²) in [6, 6.07) is 0.229. The number of methoxy groups -OCH3 is 1. The predicted molar refractivity (Wildman–Crippen MR) is 48.5 cm³/mol. The van der Waals surface area contributed by atoms with Crippen molar-refractivity contribution in [2.45, 2.75) is 0 Å². The van der Waals surface area contributed by atoms with Gasteiger partial charge in [-0.05, 0) is 0 Å². The van der Waals surface area contributed by atoms with Gasteiger partial charge in [0.05, 0.1) is 13.4 Å². The number of aromatic nitrogens is 4. The van der Waals surface area contributed by atoms with Crippen LogP contribution >= 0.6 is 8.25 Å². The molecule has 14 heavy (non-hydrogen) atoms. The molecule has 0 saturated heterocycles. The van der Waals surface area contributed by atoms with Gasteiger partial charge in [0, 0.05) is 0 Å². The number of nitrogen functional groups attached to an aromatic ring is 1. The van der Waals surface area contributed by atoms with Gasteiger partial charge in [-0.3, -0.25) is 0 Å². The van der Waals surface area contributed by atoms with Gasteiger partial charge in [-0.2, -0.15) is 9.97 Å². The molecule has 2 aromatic heterocycles. The van der Waals surface area contributed by atoms with E-state index < -0.39 is 0 Å². The number of H-pyrrole nitrogens is 1. The number of halogens is 1. The fourth-order valence-corrected chi connectivity index (χ4v) is 0.926. The normalized spacial score (nSPS) is 9.43. The van der Waals surface area contributed by atoms with E-state index in [-0.39, 0.29) is 6.01 Å². The minimum atomic E-state index is 0.229. The number of ether oxygens (including phenoxy) is 1. The average Bonchev–Trinajstić information content (AvgIpc) is 2.69. The van der Waals surface area contributed by atoms with Crippen LogP contribution in [0.5, 0.6) is 6.01 Å². The fourth-order valence-electron chi connectivity index (χ4n) is 0.926. The topological polar surface area (TPSA) is 89.7 Å². The first-order chi connectivity index (χ1) is 6.81. The Hall–Kier alpha value is -0.625. The zero-order valence-corrected chi connectivity index (χ0v) is 13.7. The Bertz CT molecular complexity index is 420. The van der Waals surface area contributed by atoms with E-state index in [0.29, 0.717) is 41.9 Å². The van der Waals surface area contributed by atoms with Crippen LogP contribution in [0.4, 0.5) is 5.82 Å². The number of rotatable bonds is 1. The molecular weight excluding hydrogens is 394 g/mol. The summed E-state index contributed by atoms with van der Waals surface area (Å²) in [4.78, 5) is 14.6. The van der Waals surface area contributed by atoms with Crippen molar-refractivity contribution in [1.82, 2.24) is 19.9 Å². The van der Waals surface area contributed by atoms with Crippen LogP contribution < -0.4 is 10.5 Å². The number of anilines is 1. The van der Waals surface area contributed by atoms with E-state index in [4.69, 9.17) is 18.7 Å². The molecule has 8 heteroatoms. The summed E-state index contributed by atoms with van der Waals surface area (Å²) in [5.74, 6) is 0.342. The van der Waals surface area contributed by atoms with Crippen molar-refractivity contribution in [1.29, 1.82) is 0 Å². The maximum atomic E-state index is 5.57. The summed E-state index contributed by atoms with van der Waals surface area (Å²) in [5.41, 5.74) is 6.72. The molecule has 0 saturated carbocycles. The fraction of sp³-hybridized carbons (Fsp3) is 0.167. The minimum absolute atomic E-state index is 0.229. The summed E-state index contributed by atoms with van der Waals surface area (Å²) in [6.07, 6.45) is 1.51. The van der Waals surface area contributed by atoms with Crippen LogP contribution in [-0.4, -0.2) is 27.0 Å². The molecule has 71 valence electrons. The summed E-state index contributed by atoms with van der Waals surface area (Å²) < 4.78 is 4.82. The van der Waals surface area contributed by atoms with Crippen molar-refractivity contribution in [3.05, 3.63) is 6.33 Å². The Balaban J connectivity index is 0.000000461. The van der Waals surface area contributed by atoms with E-state index in [2.05, 4.69) is 19.9 Å². The van der Waals surface area contributed by atoms with E-state index in [1.165, 1.54) is 13.4 Å². The molecule has 0 spiro atoms. The van der Waals surface area contributed by atoms with Crippen molar-refractivity contribution < 1.29 is 29.6 Å². The molecule has 0 unspecified atom stereocenters. The number of fused-ring (bicyclic) bond motifs is 1. The maximum absolute atomic E-state index is 5.57. The number of aromatic amines is 1. The zero-order chi connectivity index (χ0) is 10.6. The Kier molecular flexibility index (Phi) is 4.34. The summed E-state index contributed by atoms with van der Waals surface area (Å²) >= 11 is 0.500. The Morgan fingerprint density at radius 2 is 2.21 bits per heavy atom. The molecular formula is C6H7ClHgN5O. The molecule has 2 heterocycles. The molecule has 0 radical (unpaired) electrons. The van der Waals surface area contributed by atoms with Crippen molar-refractivity contribution >= 4 is 25.2 Å². The molecule has 0 aliphatic rings. The number of nitrogens with two attached hydrogens (primary N) is 1. The van der Waals surface area contributed by atoms with E-state index in [0.717, 1.165) is 0 Å². The van der Waals surface area contributed by atoms with E-state index in [1.54, 1.807) is 0 Å². The van der Waals surface area contributed by atoms with E-state index >= 15 is 0 Å². The van der Waals surface area contributed by atoms with Gasteiger partial charge in [-0.1, -0.05) is 0 Å². The van der Waals surface area contributed by atoms with Crippen LogP contribution in [0.25, 0.3) is 11.2 Å². The Morgan fingerprint density at radius 3 is 2.86 bits per heavy atom. The second-order valence-electron chi connectivity index (χ2n) is 2.20. The molecule has 3 N–H and O–H groups in total. The van der Waals surface area contributed by atoms with Crippen LogP contribution in [0.15, 0.2) is 6.33 Å². The third-order valence-electron chi connectivity index (χ3n) is 1.48. The third-order valence-corrected chi connectivity index (χ3v) is 1.48.